The van der Waals surface area contributed by atoms with Crippen molar-refractivity contribution in [2.45, 2.75) is 12.6 Å². The molecule has 116 valence electrons. The summed E-state index contributed by atoms with van der Waals surface area (Å²) in [6, 6.07) is 4.70. The van der Waals surface area contributed by atoms with E-state index in [2.05, 4.69) is 0 Å². The molecule has 0 spiro atoms. The zero-order chi connectivity index (χ0) is 15.7. The molecule has 1 atom stereocenters. The molecule has 1 aliphatic heterocycles. The van der Waals surface area contributed by atoms with Crippen LogP contribution in [0.4, 0.5) is 14.2 Å². The molecular formula is C14H13FN2O4S. The van der Waals surface area contributed by atoms with E-state index in [1.165, 1.54) is 10.6 Å². The third kappa shape index (κ3) is 2.62. The van der Waals surface area contributed by atoms with Crippen LogP contribution in [0.15, 0.2) is 34.6 Å². The molecule has 0 saturated carbocycles. The number of ether oxygens (including phenoxy) is 1. The molecule has 6 nitrogen and oxygen atoms in total. The van der Waals surface area contributed by atoms with Crippen molar-refractivity contribution in [1.82, 2.24) is 4.57 Å². The van der Waals surface area contributed by atoms with Gasteiger partial charge in [0.05, 0.1) is 19.7 Å². The number of halogens is 1. The van der Waals surface area contributed by atoms with Gasteiger partial charge >= 0.3 is 6.09 Å². The smallest absolute Gasteiger partial charge is 0.415 e. The highest BCUT2D eigenvalue weighted by Gasteiger charge is 2.34. The van der Waals surface area contributed by atoms with E-state index in [9.17, 15) is 14.0 Å². The minimum Gasteiger partial charge on any atom is -0.441 e. The van der Waals surface area contributed by atoms with Crippen molar-refractivity contribution in [2.75, 3.05) is 18.1 Å². The molecule has 2 aromatic rings. The molecule has 0 radical (unpaired) electrons. The maximum Gasteiger partial charge on any atom is 0.415 e. The molecule has 8 heteroatoms. The molecular weight excluding hydrogens is 311 g/mol. The van der Waals surface area contributed by atoms with E-state index in [0.29, 0.717) is 5.56 Å². The fourth-order valence-electron chi connectivity index (χ4n) is 2.21. The molecule has 0 aliphatic carbocycles. The van der Waals surface area contributed by atoms with Crippen LogP contribution in [0.1, 0.15) is 5.56 Å². The number of thiophene rings is 1. The zero-order valence-electron chi connectivity index (χ0n) is 11.4. The summed E-state index contributed by atoms with van der Waals surface area (Å²) in [5.74, 6) is -0.545. The average molecular weight is 324 g/mol. The van der Waals surface area contributed by atoms with Gasteiger partial charge in [0.2, 0.25) is 0 Å². The SMILES string of the molecule is O=C1O[C@@H](CO)CN1c1scc(Cn2ccccc2=O)c1F. The predicted octanol–water partition coefficient (Wildman–Crippen LogP) is 1.41. The molecule has 0 bridgehead atoms. The summed E-state index contributed by atoms with van der Waals surface area (Å²) in [6.07, 6.45) is 0.253. The number of amides is 1. The Hall–Kier alpha value is -2.19. The minimum atomic E-state index is -0.678. The first-order valence-corrected chi connectivity index (χ1v) is 7.48. The number of rotatable bonds is 4. The summed E-state index contributed by atoms with van der Waals surface area (Å²) in [7, 11) is 0. The Morgan fingerprint density at radius 1 is 1.41 bits per heavy atom. The van der Waals surface area contributed by atoms with Crippen molar-refractivity contribution in [1.29, 1.82) is 0 Å². The first-order valence-electron chi connectivity index (χ1n) is 6.60. The second-order valence-electron chi connectivity index (χ2n) is 4.85. The van der Waals surface area contributed by atoms with E-state index in [1.54, 1.807) is 23.7 Å². The van der Waals surface area contributed by atoms with Gasteiger partial charge in [0.15, 0.2) is 5.82 Å². The lowest BCUT2D eigenvalue weighted by molar-refractivity contribution is 0.0963. The topological polar surface area (TPSA) is 71.8 Å². The number of aromatic nitrogens is 1. The van der Waals surface area contributed by atoms with Gasteiger partial charge in [-0.15, -0.1) is 11.3 Å². The van der Waals surface area contributed by atoms with E-state index in [4.69, 9.17) is 9.84 Å². The molecule has 2 aromatic heterocycles. The molecule has 1 saturated heterocycles. The minimum absolute atomic E-state index is 0.0916. The van der Waals surface area contributed by atoms with Crippen LogP contribution in [-0.2, 0) is 11.3 Å². The second kappa shape index (κ2) is 5.90. The van der Waals surface area contributed by atoms with Gasteiger partial charge in [-0.1, -0.05) is 6.07 Å². The molecule has 0 aromatic carbocycles. The maximum atomic E-state index is 14.5. The van der Waals surface area contributed by atoms with Gasteiger partial charge in [-0.3, -0.25) is 9.69 Å². The van der Waals surface area contributed by atoms with Crippen molar-refractivity contribution >= 4 is 22.4 Å². The van der Waals surface area contributed by atoms with Crippen LogP contribution in [0.2, 0.25) is 0 Å². The Morgan fingerprint density at radius 2 is 2.23 bits per heavy atom. The van der Waals surface area contributed by atoms with Crippen molar-refractivity contribution < 1.29 is 19.0 Å². The van der Waals surface area contributed by atoms with E-state index in [1.807, 2.05) is 0 Å². The van der Waals surface area contributed by atoms with Gasteiger partial charge in [0.1, 0.15) is 11.1 Å². The lowest BCUT2D eigenvalue weighted by Crippen LogP contribution is -2.25. The molecule has 3 heterocycles. The van der Waals surface area contributed by atoms with Crippen molar-refractivity contribution in [3.8, 4) is 0 Å². The number of carbonyl (C=O) groups is 1. The van der Waals surface area contributed by atoms with E-state index in [0.717, 1.165) is 16.2 Å². The highest BCUT2D eigenvalue weighted by Crippen LogP contribution is 2.33. The quantitative estimate of drug-likeness (QED) is 0.923. The van der Waals surface area contributed by atoms with Gasteiger partial charge in [-0.05, 0) is 6.07 Å². The van der Waals surface area contributed by atoms with Gasteiger partial charge < -0.3 is 14.4 Å². The summed E-state index contributed by atoms with van der Waals surface area (Å²) in [4.78, 5) is 24.5. The van der Waals surface area contributed by atoms with E-state index in [-0.39, 0.29) is 30.3 Å². The van der Waals surface area contributed by atoms with Gasteiger partial charge in [-0.2, -0.15) is 0 Å². The first-order chi connectivity index (χ1) is 10.6. The van der Waals surface area contributed by atoms with Gasteiger partial charge in [-0.25, -0.2) is 9.18 Å². The number of anilines is 1. The lowest BCUT2D eigenvalue weighted by atomic mass is 10.3. The molecule has 1 N–H and O–H groups in total. The number of hydrogen-bond donors (Lipinski definition) is 1. The Bertz CT molecular complexity index is 757. The predicted molar refractivity (Wildman–Crippen MR) is 78.8 cm³/mol. The van der Waals surface area contributed by atoms with Gasteiger partial charge in [0.25, 0.3) is 5.56 Å². The Labute approximate surface area is 129 Å². The molecule has 1 aliphatic rings. The van der Waals surface area contributed by atoms with Crippen LogP contribution in [0.25, 0.3) is 0 Å². The Balaban J connectivity index is 1.85. The number of nitrogens with zero attached hydrogens (tertiary/aromatic N) is 2. The van der Waals surface area contributed by atoms with Crippen LogP contribution in [-0.4, -0.2) is 35.0 Å². The average Bonchev–Trinajstić information content (AvgIpc) is 3.05. The lowest BCUT2D eigenvalue weighted by Gasteiger charge is -2.10. The summed E-state index contributed by atoms with van der Waals surface area (Å²) >= 11 is 1.07. The van der Waals surface area contributed by atoms with E-state index < -0.39 is 18.0 Å². The highest BCUT2D eigenvalue weighted by atomic mass is 32.1. The summed E-state index contributed by atoms with van der Waals surface area (Å²) < 4.78 is 20.8. The van der Waals surface area contributed by atoms with E-state index >= 15 is 0 Å². The maximum absolute atomic E-state index is 14.5. The molecule has 3 rings (SSSR count). The standard InChI is InChI=1S/C14H13FN2O4S/c15-12-9(5-16-4-2-1-3-11(16)19)8-22-13(12)17-6-10(7-18)21-14(17)20/h1-4,8,10,18H,5-7H2/t10-/m1/s1. The first kappa shape index (κ1) is 14.7. The number of hydrogen-bond acceptors (Lipinski definition) is 5. The summed E-state index contributed by atoms with van der Waals surface area (Å²) in [6.45, 7) is -0.104. The van der Waals surface area contributed by atoms with Crippen LogP contribution in [0, 0.1) is 5.82 Å². The molecule has 0 unspecified atom stereocenters. The summed E-state index contributed by atoms with van der Waals surface area (Å²) in [5.41, 5.74) is 0.101. The van der Waals surface area contributed by atoms with Crippen LogP contribution in [0.3, 0.4) is 0 Å². The molecule has 1 amide bonds. The second-order valence-corrected chi connectivity index (χ2v) is 5.70. The van der Waals surface area contributed by atoms with Crippen LogP contribution < -0.4 is 10.5 Å². The number of pyridine rings is 1. The third-order valence-electron chi connectivity index (χ3n) is 3.35. The third-order valence-corrected chi connectivity index (χ3v) is 4.37. The Kier molecular flexibility index (Phi) is 3.95. The monoisotopic (exact) mass is 324 g/mol. The number of aliphatic hydroxyl groups excluding tert-OH is 1. The van der Waals surface area contributed by atoms with Crippen LogP contribution in [0.5, 0.6) is 0 Å². The highest BCUT2D eigenvalue weighted by molar-refractivity contribution is 7.14. The molecule has 22 heavy (non-hydrogen) atoms. The zero-order valence-corrected chi connectivity index (χ0v) is 12.3. The normalized spacial score (nSPS) is 17.8. The van der Waals surface area contributed by atoms with Crippen LogP contribution >= 0.6 is 11.3 Å². The fraction of sp³-hybridized carbons (Fsp3) is 0.286. The van der Waals surface area contributed by atoms with Crippen molar-refractivity contribution in [3.63, 3.8) is 0 Å². The van der Waals surface area contributed by atoms with Gasteiger partial charge in [0, 0.05) is 23.2 Å². The van der Waals surface area contributed by atoms with Crippen molar-refractivity contribution in [2.24, 2.45) is 0 Å². The fourth-order valence-corrected chi connectivity index (χ4v) is 3.16. The number of cyclic esters (lactones) is 1. The number of carbonyl (C=O) groups excluding carboxylic acids is 1. The summed E-state index contributed by atoms with van der Waals surface area (Å²) in [5, 5.41) is 10.7. The van der Waals surface area contributed by atoms with Crippen molar-refractivity contribution in [3.05, 3.63) is 51.5 Å². The number of aliphatic hydroxyl groups is 1. The largest absolute Gasteiger partial charge is 0.441 e. The Morgan fingerprint density at radius 3 is 2.91 bits per heavy atom. The molecule has 1 fully saturated rings.